The third-order valence-electron chi connectivity index (χ3n) is 1.05. The van der Waals surface area contributed by atoms with E-state index in [1.165, 1.54) is 0 Å². The first-order chi connectivity index (χ1) is 4.50. The molecule has 0 amide bonds. The van der Waals surface area contributed by atoms with E-state index < -0.39 is 20.3 Å². The largest absolute Gasteiger partial charge is 2.00 e. The quantitative estimate of drug-likeness (QED) is 0.466. The number of aliphatic hydroxyl groups is 1. The van der Waals surface area contributed by atoms with Gasteiger partial charge in [-0.2, -0.15) is 0 Å². The van der Waals surface area contributed by atoms with Crippen molar-refractivity contribution in [3.63, 3.8) is 0 Å². The van der Waals surface area contributed by atoms with Crippen molar-refractivity contribution in [2.24, 2.45) is 0 Å². The summed E-state index contributed by atoms with van der Waals surface area (Å²) >= 11 is 0. The minimum absolute atomic E-state index is 0. The van der Waals surface area contributed by atoms with Crippen molar-refractivity contribution in [2.45, 2.75) is 12.0 Å². The molecule has 0 spiro atoms. The van der Waals surface area contributed by atoms with Gasteiger partial charge in [0.15, 0.2) is 12.7 Å². The summed E-state index contributed by atoms with van der Waals surface area (Å²) in [7, 11) is -11.3. The smallest absolute Gasteiger partial charge is 0.808 e. The Hall–Kier alpha value is 0.726. The van der Waals surface area contributed by atoms with Crippen LogP contribution in [0, 0.1) is 0 Å². The molecule has 0 aromatic heterocycles. The molecule has 0 saturated heterocycles. The van der Waals surface area contributed by atoms with Crippen LogP contribution < -0.4 is 20.8 Å². The molecule has 2 atom stereocenters. The summed E-state index contributed by atoms with van der Waals surface area (Å²) in [6, 6.07) is 0. The molecular weight excluding hydrogens is 271 g/mol. The molecular formula is C2H9CoNO7P2. The molecule has 0 aromatic rings. The molecule has 0 aromatic carbocycles. The van der Waals surface area contributed by atoms with E-state index in [0.717, 1.165) is 0 Å². The third kappa shape index (κ3) is 4.18. The normalized spacial score (nSPS) is 20.2. The number of hydrogen-bond acceptors (Lipinski definition) is 6. The maximum atomic E-state index is 10.1. The van der Waals surface area contributed by atoms with Crippen LogP contribution >= 0.6 is 15.2 Å². The van der Waals surface area contributed by atoms with Gasteiger partial charge in [0.25, 0.3) is 0 Å². The third-order valence-corrected chi connectivity index (χ3v) is 4.66. The van der Waals surface area contributed by atoms with Gasteiger partial charge in [-0.3, -0.25) is 0 Å². The van der Waals surface area contributed by atoms with Crippen LogP contribution in [-0.4, -0.2) is 15.1 Å². The van der Waals surface area contributed by atoms with E-state index in [9.17, 15) is 23.8 Å². The van der Waals surface area contributed by atoms with E-state index in [0.29, 0.717) is 0 Å². The van der Waals surface area contributed by atoms with E-state index in [4.69, 9.17) is 10.00 Å². The number of rotatable bonds is 2. The first-order valence-electron chi connectivity index (χ1n) is 2.28. The van der Waals surface area contributed by atoms with Gasteiger partial charge in [-0.1, -0.05) is 0 Å². The van der Waals surface area contributed by atoms with Crippen LogP contribution in [0.15, 0.2) is 0 Å². The van der Waals surface area contributed by atoms with Crippen LogP contribution in [-0.2, 0) is 25.9 Å². The zero-order chi connectivity index (χ0) is 9.50. The van der Waals surface area contributed by atoms with Crippen molar-refractivity contribution in [3.8, 4) is 0 Å². The first kappa shape index (κ1) is 19.3. The molecule has 0 aliphatic carbocycles. The van der Waals surface area contributed by atoms with Gasteiger partial charge in [0, 0.05) is 0 Å². The van der Waals surface area contributed by atoms with E-state index >= 15 is 0 Å². The first-order valence-corrected chi connectivity index (χ1v) is 5.40. The van der Waals surface area contributed by atoms with Crippen LogP contribution in [0.4, 0.5) is 0 Å². The van der Waals surface area contributed by atoms with Crippen molar-refractivity contribution in [1.82, 2.24) is 6.15 Å². The number of hydrogen-bond donors (Lipinski definition) is 3. The van der Waals surface area contributed by atoms with E-state index in [1.807, 2.05) is 0 Å². The van der Waals surface area contributed by atoms with Gasteiger partial charge in [0.05, 0.1) is 0 Å². The topological polar surface area (TPSA) is 180 Å². The van der Waals surface area contributed by atoms with Gasteiger partial charge < -0.3 is 40.0 Å². The van der Waals surface area contributed by atoms with Crippen LogP contribution in [0.2, 0.25) is 0 Å². The molecule has 0 fully saturated rings. The van der Waals surface area contributed by atoms with Crippen molar-refractivity contribution < 1.29 is 50.6 Å². The Balaban J connectivity index is -0.000000500. The summed E-state index contributed by atoms with van der Waals surface area (Å²) in [5.41, 5.74) is 0. The molecule has 0 aliphatic rings. The summed E-state index contributed by atoms with van der Waals surface area (Å²) in [5.74, 6) is 0. The summed E-state index contributed by atoms with van der Waals surface area (Å²) < 4.78 is 20.1. The van der Waals surface area contributed by atoms with Crippen molar-refractivity contribution in [1.29, 1.82) is 0 Å². The maximum Gasteiger partial charge on any atom is 2.00 e. The van der Waals surface area contributed by atoms with Crippen molar-refractivity contribution in [2.75, 3.05) is 0 Å². The predicted octanol–water partition coefficient (Wildman–Crippen LogP) is -2.51. The Kier molecular flexibility index (Phi) is 7.42. The monoisotopic (exact) mass is 280 g/mol. The Labute approximate surface area is 84.5 Å². The molecule has 0 rings (SSSR count). The molecule has 0 heterocycles. The fourth-order valence-corrected chi connectivity index (χ4v) is 1.39. The Morgan fingerprint density at radius 1 is 1.23 bits per heavy atom. The van der Waals surface area contributed by atoms with E-state index in [2.05, 4.69) is 0 Å². The average molecular weight is 280 g/mol. The summed E-state index contributed by atoms with van der Waals surface area (Å²) in [6.45, 7) is 0.196. The Morgan fingerprint density at radius 2 is 1.46 bits per heavy atom. The van der Waals surface area contributed by atoms with E-state index in [-0.39, 0.29) is 29.9 Å². The minimum atomic E-state index is -5.76. The maximum absolute atomic E-state index is 10.1. The second-order valence-electron chi connectivity index (χ2n) is 1.99. The SMILES string of the molecule is CC(O)(P(=O)([O-])[O-])P(=O)([O-])O.[Co+2].[NH4+]. The molecule has 6 N–H and O–H groups in total. The van der Waals surface area contributed by atoms with Crippen LogP contribution in [0.25, 0.3) is 0 Å². The van der Waals surface area contributed by atoms with Gasteiger partial charge >= 0.3 is 16.8 Å². The standard InChI is InChI=1S/C2H8O7P2.Co.H3N/c1-2(3,10(4,5)6)11(7,8)9;;/h3H,1H3,(H2,4,5,6)(H2,7,8,9);;1H3/q;+2;/p-2. The molecule has 13 heavy (non-hydrogen) atoms. The zero-order valence-corrected chi connectivity index (χ0v) is 9.49. The molecule has 0 aliphatic heterocycles. The van der Waals surface area contributed by atoms with Gasteiger partial charge in [-0.05, 0) is 14.5 Å². The molecule has 8 nitrogen and oxygen atoms in total. The molecule has 11 heteroatoms. The summed E-state index contributed by atoms with van der Waals surface area (Å²) in [4.78, 5) is 38.1. The number of quaternary nitrogens is 1. The van der Waals surface area contributed by atoms with Crippen LogP contribution in [0.5, 0.6) is 0 Å². The van der Waals surface area contributed by atoms with Crippen molar-refractivity contribution >= 4 is 15.2 Å². The van der Waals surface area contributed by atoms with Gasteiger partial charge in [-0.15, -0.1) is 0 Å². The average Bonchev–Trinajstić information content (AvgIpc) is 1.58. The second kappa shape index (κ2) is 4.99. The van der Waals surface area contributed by atoms with Crippen LogP contribution in [0.1, 0.15) is 6.92 Å². The van der Waals surface area contributed by atoms with Crippen molar-refractivity contribution in [3.05, 3.63) is 0 Å². The van der Waals surface area contributed by atoms with Gasteiger partial charge in [-0.25, -0.2) is 0 Å². The summed E-state index contributed by atoms with van der Waals surface area (Å²) in [5, 5.41) is 4.85. The minimum Gasteiger partial charge on any atom is -0.808 e. The fraction of sp³-hybridized carbons (Fsp3) is 1.00. The molecule has 2 unspecified atom stereocenters. The Bertz CT molecular complexity index is 217. The molecule has 0 bridgehead atoms. The summed E-state index contributed by atoms with van der Waals surface area (Å²) in [6.07, 6.45) is 0. The van der Waals surface area contributed by atoms with Crippen LogP contribution in [0.3, 0.4) is 0 Å². The molecule has 1 radical (unpaired) electrons. The molecule has 83 valence electrons. The second-order valence-corrected chi connectivity index (χ2v) is 6.12. The van der Waals surface area contributed by atoms with Gasteiger partial charge in [0.1, 0.15) is 0 Å². The van der Waals surface area contributed by atoms with E-state index in [1.54, 1.807) is 0 Å². The predicted molar refractivity (Wildman–Crippen MR) is 34.0 cm³/mol. The van der Waals surface area contributed by atoms with Gasteiger partial charge in [0.2, 0.25) is 0 Å². The Morgan fingerprint density at radius 3 is 1.46 bits per heavy atom. The molecule has 0 saturated carbocycles. The fourth-order valence-electron chi connectivity index (χ4n) is 0.155. The zero-order valence-electron chi connectivity index (χ0n) is 6.66.